The van der Waals surface area contributed by atoms with Crippen LogP contribution in [0.3, 0.4) is 0 Å². The fourth-order valence-corrected chi connectivity index (χ4v) is 2.02. The van der Waals surface area contributed by atoms with E-state index in [0.29, 0.717) is 0 Å². The Labute approximate surface area is 116 Å². The molecule has 1 aliphatic rings. The minimum Gasteiger partial charge on any atom is -0.384 e. The maximum atomic E-state index is 5.65. The van der Waals surface area contributed by atoms with Gasteiger partial charge >= 0.3 is 0 Å². The lowest BCUT2D eigenvalue weighted by Gasteiger charge is -2.18. The van der Waals surface area contributed by atoms with Crippen LogP contribution in [0.2, 0.25) is 0 Å². The fourth-order valence-electron chi connectivity index (χ4n) is 2.02. The Morgan fingerprint density at radius 3 is 2.79 bits per heavy atom. The van der Waals surface area contributed by atoms with Crippen LogP contribution in [0.1, 0.15) is 18.4 Å². The van der Waals surface area contributed by atoms with Gasteiger partial charge in [0.2, 0.25) is 0 Å². The summed E-state index contributed by atoms with van der Waals surface area (Å²) in [4.78, 5) is 2.32. The van der Waals surface area contributed by atoms with E-state index in [9.17, 15) is 0 Å². The third-order valence-corrected chi connectivity index (χ3v) is 3.62. The van der Waals surface area contributed by atoms with Crippen molar-refractivity contribution in [3.8, 4) is 0 Å². The van der Waals surface area contributed by atoms with E-state index in [0.717, 1.165) is 38.8 Å². The first kappa shape index (κ1) is 14.4. The highest BCUT2D eigenvalue weighted by Gasteiger charge is 2.20. The topological polar surface area (TPSA) is 24.5 Å². The van der Waals surface area contributed by atoms with E-state index in [1.54, 1.807) is 0 Å². The molecule has 0 heterocycles. The first-order valence-corrected chi connectivity index (χ1v) is 7.31. The van der Waals surface area contributed by atoms with Gasteiger partial charge in [0.05, 0.1) is 6.61 Å². The molecular formula is C16H26N2O. The average molecular weight is 262 g/mol. The average Bonchev–Trinajstić information content (AvgIpc) is 3.21. The number of nitrogens with zero attached hydrogens (tertiary/aromatic N) is 1. The Balaban J connectivity index is 1.53. The second kappa shape index (κ2) is 7.51. The van der Waals surface area contributed by atoms with Crippen molar-refractivity contribution >= 4 is 5.69 Å². The molecule has 1 aromatic carbocycles. The number of ether oxygens (including phenoxy) is 1. The van der Waals surface area contributed by atoms with Gasteiger partial charge in [-0.1, -0.05) is 18.2 Å². The predicted molar refractivity (Wildman–Crippen MR) is 80.7 cm³/mol. The second-order valence-corrected chi connectivity index (χ2v) is 5.56. The first-order valence-electron chi connectivity index (χ1n) is 7.31. The third kappa shape index (κ3) is 5.62. The predicted octanol–water partition coefficient (Wildman–Crippen LogP) is 2.77. The Hall–Kier alpha value is -1.06. The molecule has 3 nitrogen and oxygen atoms in total. The molecule has 1 fully saturated rings. The van der Waals surface area contributed by atoms with E-state index < -0.39 is 0 Å². The lowest BCUT2D eigenvalue weighted by atomic mass is 10.2. The van der Waals surface area contributed by atoms with Crippen molar-refractivity contribution in [1.29, 1.82) is 0 Å². The van der Waals surface area contributed by atoms with E-state index in [-0.39, 0.29) is 0 Å². The molecule has 2 rings (SSSR count). The highest BCUT2D eigenvalue weighted by Crippen LogP contribution is 2.28. The van der Waals surface area contributed by atoms with Crippen LogP contribution < -0.4 is 5.32 Å². The zero-order valence-electron chi connectivity index (χ0n) is 12.2. The van der Waals surface area contributed by atoms with Gasteiger partial charge in [0.1, 0.15) is 0 Å². The van der Waals surface area contributed by atoms with Crippen LogP contribution in [0.15, 0.2) is 24.3 Å². The summed E-state index contributed by atoms with van der Waals surface area (Å²) in [6, 6.07) is 8.42. The molecule has 0 radical (unpaired) electrons. The molecular weight excluding hydrogens is 236 g/mol. The fraction of sp³-hybridized carbons (Fsp3) is 0.625. The summed E-state index contributed by atoms with van der Waals surface area (Å²) in [5.41, 5.74) is 2.54. The number of nitrogens with one attached hydrogen (secondary N) is 1. The summed E-state index contributed by atoms with van der Waals surface area (Å²) >= 11 is 0. The number of hydrogen-bond donors (Lipinski definition) is 1. The van der Waals surface area contributed by atoms with Crippen molar-refractivity contribution in [1.82, 2.24) is 4.90 Å². The van der Waals surface area contributed by atoms with Crippen LogP contribution in [-0.4, -0.2) is 44.8 Å². The van der Waals surface area contributed by atoms with Gasteiger partial charge in [-0.05, 0) is 44.4 Å². The summed E-state index contributed by atoms with van der Waals surface area (Å²) in [5, 5.41) is 3.48. The van der Waals surface area contributed by atoms with E-state index >= 15 is 0 Å². The van der Waals surface area contributed by atoms with Crippen LogP contribution >= 0.6 is 0 Å². The summed E-state index contributed by atoms with van der Waals surface area (Å²) in [6.07, 6.45) is 2.74. The van der Waals surface area contributed by atoms with Gasteiger partial charge in [0.25, 0.3) is 0 Å². The number of likely N-dealkylation sites (N-methyl/N-ethyl adjacent to an activating group) is 1. The zero-order valence-corrected chi connectivity index (χ0v) is 12.2. The third-order valence-electron chi connectivity index (χ3n) is 3.62. The molecule has 0 amide bonds. The van der Waals surface area contributed by atoms with Crippen molar-refractivity contribution in [2.45, 2.75) is 19.8 Å². The molecule has 3 heteroatoms. The number of rotatable bonds is 9. The number of benzene rings is 1. The molecule has 19 heavy (non-hydrogen) atoms. The Kier molecular flexibility index (Phi) is 5.67. The number of anilines is 1. The van der Waals surface area contributed by atoms with E-state index in [1.165, 1.54) is 24.1 Å². The number of para-hydroxylation sites is 1. The van der Waals surface area contributed by atoms with Gasteiger partial charge in [-0.2, -0.15) is 0 Å². The van der Waals surface area contributed by atoms with Gasteiger partial charge in [-0.15, -0.1) is 0 Å². The van der Waals surface area contributed by atoms with E-state index in [2.05, 4.69) is 48.5 Å². The van der Waals surface area contributed by atoms with Crippen LogP contribution in [0.4, 0.5) is 5.69 Å². The molecule has 1 aliphatic carbocycles. The molecule has 0 bridgehead atoms. The molecule has 1 saturated carbocycles. The molecule has 106 valence electrons. The second-order valence-electron chi connectivity index (χ2n) is 5.56. The van der Waals surface area contributed by atoms with Crippen LogP contribution in [0.25, 0.3) is 0 Å². The quantitative estimate of drug-likeness (QED) is 0.693. The van der Waals surface area contributed by atoms with Crippen molar-refractivity contribution in [2.24, 2.45) is 5.92 Å². The van der Waals surface area contributed by atoms with Crippen molar-refractivity contribution in [3.05, 3.63) is 29.8 Å². The highest BCUT2D eigenvalue weighted by atomic mass is 16.5. The standard InChI is InChI=1S/C16H26N2O/c1-14-5-3-4-6-16(14)17-9-10-18(2)11-12-19-13-15-7-8-15/h3-6,15,17H,7-13H2,1-2H3. The minimum absolute atomic E-state index is 0.858. The normalized spacial score (nSPS) is 14.9. The molecule has 0 aliphatic heterocycles. The molecule has 1 aromatic rings. The maximum absolute atomic E-state index is 5.65. The van der Waals surface area contributed by atoms with Gasteiger partial charge in [0.15, 0.2) is 0 Å². The van der Waals surface area contributed by atoms with Crippen molar-refractivity contribution in [3.63, 3.8) is 0 Å². The molecule has 0 aromatic heterocycles. The Bertz CT molecular complexity index is 377. The molecule has 0 spiro atoms. The molecule has 0 saturated heterocycles. The lowest BCUT2D eigenvalue weighted by Crippen LogP contribution is -2.28. The van der Waals surface area contributed by atoms with Crippen molar-refractivity contribution < 1.29 is 4.74 Å². The maximum Gasteiger partial charge on any atom is 0.0593 e. The first-order chi connectivity index (χ1) is 9.25. The molecule has 1 N–H and O–H groups in total. The molecule has 0 atom stereocenters. The SMILES string of the molecule is Cc1ccccc1NCCN(C)CCOCC1CC1. The monoisotopic (exact) mass is 262 g/mol. The minimum atomic E-state index is 0.858. The van der Waals surface area contributed by atoms with Crippen LogP contribution in [-0.2, 0) is 4.74 Å². The Morgan fingerprint density at radius 1 is 1.26 bits per heavy atom. The molecule has 0 unspecified atom stereocenters. The summed E-state index contributed by atoms with van der Waals surface area (Å²) < 4.78 is 5.65. The Morgan fingerprint density at radius 2 is 2.05 bits per heavy atom. The van der Waals surface area contributed by atoms with Crippen LogP contribution in [0.5, 0.6) is 0 Å². The summed E-state index contributed by atoms with van der Waals surface area (Å²) in [5.74, 6) is 0.869. The summed E-state index contributed by atoms with van der Waals surface area (Å²) in [6.45, 7) is 7.00. The largest absolute Gasteiger partial charge is 0.384 e. The smallest absolute Gasteiger partial charge is 0.0593 e. The van der Waals surface area contributed by atoms with E-state index in [1.807, 2.05) is 0 Å². The van der Waals surface area contributed by atoms with Gasteiger partial charge in [-0.25, -0.2) is 0 Å². The van der Waals surface area contributed by atoms with E-state index in [4.69, 9.17) is 4.74 Å². The zero-order chi connectivity index (χ0) is 13.5. The number of hydrogen-bond acceptors (Lipinski definition) is 3. The lowest BCUT2D eigenvalue weighted by molar-refractivity contribution is 0.104. The van der Waals surface area contributed by atoms with Crippen molar-refractivity contribution in [2.75, 3.05) is 45.2 Å². The summed E-state index contributed by atoms with van der Waals surface area (Å²) in [7, 11) is 2.15. The van der Waals surface area contributed by atoms with Crippen LogP contribution in [0, 0.1) is 12.8 Å². The van der Waals surface area contributed by atoms with Gasteiger partial charge in [0, 0.05) is 31.9 Å². The number of aryl methyl sites for hydroxylation is 1. The van der Waals surface area contributed by atoms with Gasteiger partial charge in [-0.3, -0.25) is 0 Å². The highest BCUT2D eigenvalue weighted by molar-refractivity contribution is 5.50. The van der Waals surface area contributed by atoms with Gasteiger partial charge < -0.3 is 15.0 Å².